The molecule has 2 atom stereocenters. The van der Waals surface area contributed by atoms with Crippen LogP contribution in [0.4, 0.5) is 0 Å². The van der Waals surface area contributed by atoms with Gasteiger partial charge in [0.15, 0.2) is 0 Å². The number of nitrogens with one attached hydrogen (secondary N) is 1. The molecule has 2 aliphatic rings. The van der Waals surface area contributed by atoms with Crippen molar-refractivity contribution in [1.82, 2.24) is 10.2 Å². The summed E-state index contributed by atoms with van der Waals surface area (Å²) in [4.78, 5) is 15.2. The first kappa shape index (κ1) is 14.3. The fourth-order valence-electron chi connectivity index (χ4n) is 2.71. The highest BCUT2D eigenvalue weighted by Crippen LogP contribution is 2.25. The van der Waals surface area contributed by atoms with Crippen LogP contribution in [0.15, 0.2) is 15.9 Å². The highest BCUT2D eigenvalue weighted by molar-refractivity contribution is 9.10. The van der Waals surface area contributed by atoms with E-state index in [1.54, 1.807) is 0 Å². The van der Waals surface area contributed by atoms with Crippen molar-refractivity contribution in [2.24, 2.45) is 0 Å². The largest absolute Gasteiger partial charge is 0.336 e. The van der Waals surface area contributed by atoms with Crippen LogP contribution in [-0.2, 0) is 0 Å². The lowest BCUT2D eigenvalue weighted by atomic mass is 10.1. The van der Waals surface area contributed by atoms with Crippen molar-refractivity contribution >= 4 is 45.6 Å². The molecule has 18 heavy (non-hydrogen) atoms. The summed E-state index contributed by atoms with van der Waals surface area (Å²) in [6.07, 6.45) is 3.58. The van der Waals surface area contributed by atoms with Crippen molar-refractivity contribution < 1.29 is 4.79 Å². The molecule has 0 radical (unpaired) electrons. The zero-order chi connectivity index (χ0) is 11.8. The normalized spacial score (nSPS) is 26.6. The van der Waals surface area contributed by atoms with Crippen LogP contribution in [-0.4, -0.2) is 36.0 Å². The second kappa shape index (κ2) is 5.90. The molecule has 1 amide bonds. The number of amides is 1. The molecule has 1 N–H and O–H groups in total. The maximum atomic E-state index is 12.3. The Morgan fingerprint density at radius 3 is 2.89 bits per heavy atom. The van der Waals surface area contributed by atoms with E-state index in [0.717, 1.165) is 28.9 Å². The van der Waals surface area contributed by atoms with Crippen molar-refractivity contribution in [2.45, 2.75) is 31.3 Å². The summed E-state index contributed by atoms with van der Waals surface area (Å²) < 4.78 is 1.00. The number of hydrogen-bond donors (Lipinski definition) is 1. The van der Waals surface area contributed by atoms with Gasteiger partial charge in [0.05, 0.1) is 4.88 Å². The third-order valence-electron chi connectivity index (χ3n) is 3.59. The van der Waals surface area contributed by atoms with Gasteiger partial charge in [0.1, 0.15) is 0 Å². The van der Waals surface area contributed by atoms with Gasteiger partial charge in [0.25, 0.3) is 5.91 Å². The molecule has 2 aliphatic heterocycles. The molecule has 3 rings (SSSR count). The zero-order valence-corrected chi connectivity index (χ0v) is 13.1. The van der Waals surface area contributed by atoms with Crippen LogP contribution in [0, 0.1) is 0 Å². The number of thiophene rings is 1. The maximum absolute atomic E-state index is 12.3. The van der Waals surface area contributed by atoms with Gasteiger partial charge in [-0.25, -0.2) is 0 Å². The molecular weight excluding hydrogens is 336 g/mol. The summed E-state index contributed by atoms with van der Waals surface area (Å²) in [6, 6.07) is 3.06. The van der Waals surface area contributed by atoms with Crippen LogP contribution in [0.3, 0.4) is 0 Å². The third-order valence-corrected chi connectivity index (χ3v) is 5.27. The molecule has 0 saturated carbocycles. The SMILES string of the molecule is Cl.O=C(c1cc(Br)cs1)N1CCC2CCC(C1)N2. The van der Waals surface area contributed by atoms with Crippen molar-refractivity contribution in [1.29, 1.82) is 0 Å². The monoisotopic (exact) mass is 350 g/mol. The smallest absolute Gasteiger partial charge is 0.264 e. The summed E-state index contributed by atoms with van der Waals surface area (Å²) in [6.45, 7) is 1.76. The maximum Gasteiger partial charge on any atom is 0.264 e. The van der Waals surface area contributed by atoms with Crippen molar-refractivity contribution in [2.75, 3.05) is 13.1 Å². The first-order valence-corrected chi connectivity index (χ1v) is 7.69. The minimum Gasteiger partial charge on any atom is -0.336 e. The average molecular weight is 352 g/mol. The van der Waals surface area contributed by atoms with Crippen LogP contribution < -0.4 is 5.32 Å². The van der Waals surface area contributed by atoms with Crippen LogP contribution >= 0.6 is 39.7 Å². The van der Waals surface area contributed by atoms with E-state index < -0.39 is 0 Å². The highest BCUT2D eigenvalue weighted by atomic mass is 79.9. The van der Waals surface area contributed by atoms with Crippen LogP contribution in [0.2, 0.25) is 0 Å². The molecule has 1 aromatic heterocycles. The molecule has 2 saturated heterocycles. The molecule has 100 valence electrons. The van der Waals surface area contributed by atoms with E-state index in [1.807, 2.05) is 16.3 Å². The molecule has 0 spiro atoms. The van der Waals surface area contributed by atoms with Gasteiger partial charge in [-0.2, -0.15) is 0 Å². The van der Waals surface area contributed by atoms with Crippen LogP contribution in [0.1, 0.15) is 28.9 Å². The molecule has 2 bridgehead atoms. The fourth-order valence-corrected chi connectivity index (χ4v) is 4.10. The Hall–Kier alpha value is -0.100. The standard InChI is InChI=1S/C12H15BrN2OS.ClH/c13-8-5-11(17-7-8)12(16)15-4-3-9-1-2-10(6-15)14-9;/h5,7,9-10,14H,1-4,6H2;1H. The Bertz CT molecular complexity index is 439. The fraction of sp³-hybridized carbons (Fsp3) is 0.583. The Morgan fingerprint density at radius 2 is 2.17 bits per heavy atom. The molecule has 6 heteroatoms. The number of nitrogens with zero attached hydrogens (tertiary/aromatic N) is 1. The Balaban J connectivity index is 0.00000120. The number of halogens is 2. The van der Waals surface area contributed by atoms with Gasteiger partial charge in [-0.3, -0.25) is 4.79 Å². The van der Waals surface area contributed by atoms with E-state index in [0.29, 0.717) is 12.1 Å². The van der Waals surface area contributed by atoms with Gasteiger partial charge >= 0.3 is 0 Å². The number of hydrogen-bond acceptors (Lipinski definition) is 3. The average Bonchev–Trinajstić information content (AvgIpc) is 2.84. The molecule has 2 fully saturated rings. The summed E-state index contributed by atoms with van der Waals surface area (Å²) in [5.74, 6) is 0.190. The van der Waals surface area contributed by atoms with E-state index in [1.165, 1.54) is 24.2 Å². The molecule has 3 nitrogen and oxygen atoms in total. The second-order valence-electron chi connectivity index (χ2n) is 4.81. The van der Waals surface area contributed by atoms with Gasteiger partial charge in [0.2, 0.25) is 0 Å². The number of carbonyl (C=O) groups is 1. The Labute approximate surface area is 125 Å². The second-order valence-corrected chi connectivity index (χ2v) is 6.63. The molecular formula is C12H16BrClN2OS. The predicted molar refractivity (Wildman–Crippen MR) is 79.7 cm³/mol. The number of carbonyl (C=O) groups excluding carboxylic acids is 1. The van der Waals surface area contributed by atoms with Crippen molar-refractivity contribution in [3.05, 3.63) is 20.8 Å². The van der Waals surface area contributed by atoms with E-state index in [4.69, 9.17) is 0 Å². The van der Waals surface area contributed by atoms with Gasteiger partial charge in [-0.05, 0) is 41.3 Å². The van der Waals surface area contributed by atoms with Crippen molar-refractivity contribution in [3.8, 4) is 0 Å². The summed E-state index contributed by atoms with van der Waals surface area (Å²) in [5.41, 5.74) is 0. The number of rotatable bonds is 1. The zero-order valence-electron chi connectivity index (χ0n) is 9.89. The first-order chi connectivity index (χ1) is 8.22. The van der Waals surface area contributed by atoms with Crippen molar-refractivity contribution in [3.63, 3.8) is 0 Å². The molecule has 0 aromatic carbocycles. The topological polar surface area (TPSA) is 32.3 Å². The van der Waals surface area contributed by atoms with Gasteiger partial charge < -0.3 is 10.2 Å². The molecule has 0 aliphatic carbocycles. The quantitative estimate of drug-likeness (QED) is 0.844. The van der Waals surface area contributed by atoms with E-state index in [2.05, 4.69) is 21.2 Å². The number of fused-ring (bicyclic) bond motifs is 2. The summed E-state index contributed by atoms with van der Waals surface area (Å²) in [7, 11) is 0. The van der Waals surface area contributed by atoms with Gasteiger partial charge in [-0.15, -0.1) is 23.7 Å². The summed E-state index contributed by atoms with van der Waals surface area (Å²) in [5, 5.41) is 5.56. The Morgan fingerprint density at radius 1 is 1.39 bits per heavy atom. The van der Waals surface area contributed by atoms with E-state index in [-0.39, 0.29) is 18.3 Å². The van der Waals surface area contributed by atoms with Gasteiger partial charge in [-0.1, -0.05) is 0 Å². The minimum absolute atomic E-state index is 0. The molecule has 2 unspecified atom stereocenters. The highest BCUT2D eigenvalue weighted by Gasteiger charge is 2.31. The lowest BCUT2D eigenvalue weighted by Crippen LogP contribution is -2.38. The minimum atomic E-state index is 0. The molecule has 3 heterocycles. The van der Waals surface area contributed by atoms with Gasteiger partial charge in [0, 0.05) is 35.0 Å². The van der Waals surface area contributed by atoms with Crippen LogP contribution in [0.5, 0.6) is 0 Å². The Kier molecular flexibility index (Phi) is 4.69. The predicted octanol–water partition coefficient (Wildman–Crippen LogP) is 2.90. The lowest BCUT2D eigenvalue weighted by Gasteiger charge is -2.23. The molecule has 1 aromatic rings. The summed E-state index contributed by atoms with van der Waals surface area (Å²) >= 11 is 4.92. The van der Waals surface area contributed by atoms with E-state index in [9.17, 15) is 4.79 Å². The lowest BCUT2D eigenvalue weighted by molar-refractivity contribution is 0.0753. The number of likely N-dealkylation sites (tertiary alicyclic amines) is 1. The van der Waals surface area contributed by atoms with Crippen LogP contribution in [0.25, 0.3) is 0 Å². The first-order valence-electron chi connectivity index (χ1n) is 6.02. The third kappa shape index (κ3) is 2.90. The van der Waals surface area contributed by atoms with E-state index >= 15 is 0 Å².